The third-order valence-electron chi connectivity index (χ3n) is 2.24. The van der Waals surface area contributed by atoms with Gasteiger partial charge in [-0.05, 0) is 37.0 Å². The maximum absolute atomic E-state index is 9.20. The summed E-state index contributed by atoms with van der Waals surface area (Å²) < 4.78 is 0. The van der Waals surface area contributed by atoms with Crippen molar-refractivity contribution in [3.8, 4) is 5.75 Å². The van der Waals surface area contributed by atoms with Crippen molar-refractivity contribution in [2.45, 2.75) is 32.2 Å². The van der Waals surface area contributed by atoms with E-state index in [9.17, 15) is 5.11 Å². The van der Waals surface area contributed by atoms with E-state index in [1.807, 2.05) is 12.1 Å². The van der Waals surface area contributed by atoms with Gasteiger partial charge in [-0.3, -0.25) is 0 Å². The standard InChI is InChI=1S/C11H17NO/c1-2-10(12)7-6-9-4-3-5-11(13)8-9/h3-5,8,10,13H,2,6-7,12H2,1H3. The van der Waals surface area contributed by atoms with Gasteiger partial charge in [-0.15, -0.1) is 0 Å². The molecule has 0 amide bonds. The Balaban J connectivity index is 2.45. The first-order chi connectivity index (χ1) is 6.22. The van der Waals surface area contributed by atoms with Gasteiger partial charge >= 0.3 is 0 Å². The Morgan fingerprint density at radius 1 is 1.46 bits per heavy atom. The van der Waals surface area contributed by atoms with Crippen LogP contribution >= 0.6 is 0 Å². The van der Waals surface area contributed by atoms with Gasteiger partial charge < -0.3 is 10.8 Å². The number of aryl methyl sites for hydroxylation is 1. The molecule has 1 aromatic rings. The Kier molecular flexibility index (Phi) is 3.77. The number of phenolic OH excluding ortho intramolecular Hbond substituents is 1. The average Bonchev–Trinajstić information content (AvgIpc) is 2.14. The maximum Gasteiger partial charge on any atom is 0.115 e. The van der Waals surface area contributed by atoms with E-state index >= 15 is 0 Å². The maximum atomic E-state index is 9.20. The zero-order valence-corrected chi connectivity index (χ0v) is 8.03. The number of hydrogen-bond acceptors (Lipinski definition) is 2. The Bertz CT molecular complexity index is 260. The molecule has 0 aliphatic carbocycles. The van der Waals surface area contributed by atoms with Crippen LogP contribution in [0.25, 0.3) is 0 Å². The van der Waals surface area contributed by atoms with Gasteiger partial charge in [-0.25, -0.2) is 0 Å². The SMILES string of the molecule is CCC(N)CCc1cccc(O)c1. The highest BCUT2D eigenvalue weighted by atomic mass is 16.3. The van der Waals surface area contributed by atoms with Crippen molar-refractivity contribution in [1.29, 1.82) is 0 Å². The Hall–Kier alpha value is -1.02. The summed E-state index contributed by atoms with van der Waals surface area (Å²) in [6.45, 7) is 2.09. The van der Waals surface area contributed by atoms with Crippen LogP contribution in [0.4, 0.5) is 0 Å². The van der Waals surface area contributed by atoms with Gasteiger partial charge in [0, 0.05) is 6.04 Å². The van der Waals surface area contributed by atoms with Gasteiger partial charge in [-0.1, -0.05) is 19.1 Å². The first-order valence-electron chi connectivity index (χ1n) is 4.76. The largest absolute Gasteiger partial charge is 0.508 e. The number of phenols is 1. The van der Waals surface area contributed by atoms with Gasteiger partial charge in [0.2, 0.25) is 0 Å². The van der Waals surface area contributed by atoms with Gasteiger partial charge in [0.05, 0.1) is 0 Å². The molecule has 0 aliphatic heterocycles. The molecule has 2 heteroatoms. The van der Waals surface area contributed by atoms with Gasteiger partial charge in [0.25, 0.3) is 0 Å². The zero-order chi connectivity index (χ0) is 9.68. The Morgan fingerprint density at radius 3 is 2.85 bits per heavy atom. The minimum atomic E-state index is 0.280. The zero-order valence-electron chi connectivity index (χ0n) is 8.03. The lowest BCUT2D eigenvalue weighted by molar-refractivity contribution is 0.474. The molecule has 1 rings (SSSR count). The van der Waals surface area contributed by atoms with E-state index in [2.05, 4.69) is 6.92 Å². The summed E-state index contributed by atoms with van der Waals surface area (Å²) in [6, 6.07) is 7.64. The molecule has 0 bridgehead atoms. The average molecular weight is 179 g/mol. The third kappa shape index (κ3) is 3.47. The van der Waals surface area contributed by atoms with Crippen LogP contribution in [0.2, 0.25) is 0 Å². The lowest BCUT2D eigenvalue weighted by atomic mass is 10.0. The highest BCUT2D eigenvalue weighted by Gasteiger charge is 2.00. The van der Waals surface area contributed by atoms with E-state index in [1.165, 1.54) is 0 Å². The first-order valence-corrected chi connectivity index (χ1v) is 4.76. The van der Waals surface area contributed by atoms with Crippen LogP contribution in [-0.4, -0.2) is 11.1 Å². The highest BCUT2D eigenvalue weighted by molar-refractivity contribution is 5.27. The molecule has 0 saturated carbocycles. The molecule has 0 saturated heterocycles. The van der Waals surface area contributed by atoms with Crippen LogP contribution in [0.1, 0.15) is 25.3 Å². The van der Waals surface area contributed by atoms with Crippen LogP contribution in [0.3, 0.4) is 0 Å². The van der Waals surface area contributed by atoms with E-state index < -0.39 is 0 Å². The second-order valence-corrected chi connectivity index (χ2v) is 3.38. The molecular weight excluding hydrogens is 162 g/mol. The number of hydrogen-bond donors (Lipinski definition) is 2. The van der Waals surface area contributed by atoms with Crippen molar-refractivity contribution >= 4 is 0 Å². The van der Waals surface area contributed by atoms with Gasteiger partial charge in [0.1, 0.15) is 5.75 Å². The second-order valence-electron chi connectivity index (χ2n) is 3.38. The molecule has 72 valence electrons. The number of rotatable bonds is 4. The van der Waals surface area contributed by atoms with Gasteiger partial charge in [-0.2, -0.15) is 0 Å². The number of aromatic hydroxyl groups is 1. The normalized spacial score (nSPS) is 12.8. The Labute approximate surface area is 79.4 Å². The lowest BCUT2D eigenvalue weighted by Crippen LogP contribution is -2.18. The molecular formula is C11H17NO. The molecule has 0 aromatic heterocycles. The van der Waals surface area contributed by atoms with Crippen molar-refractivity contribution in [2.75, 3.05) is 0 Å². The van der Waals surface area contributed by atoms with Crippen molar-refractivity contribution in [3.63, 3.8) is 0 Å². The van der Waals surface area contributed by atoms with Crippen molar-refractivity contribution in [3.05, 3.63) is 29.8 Å². The molecule has 0 aliphatic rings. The first kappa shape index (κ1) is 10.1. The molecule has 0 fully saturated rings. The number of benzene rings is 1. The van der Waals surface area contributed by atoms with Crippen molar-refractivity contribution in [2.24, 2.45) is 5.73 Å². The summed E-state index contributed by atoms with van der Waals surface area (Å²) in [4.78, 5) is 0. The fourth-order valence-corrected chi connectivity index (χ4v) is 1.27. The molecule has 0 spiro atoms. The van der Waals surface area contributed by atoms with E-state index in [0.717, 1.165) is 24.8 Å². The minimum absolute atomic E-state index is 0.280. The quantitative estimate of drug-likeness (QED) is 0.743. The summed E-state index contributed by atoms with van der Waals surface area (Å²) in [5, 5.41) is 9.20. The Morgan fingerprint density at radius 2 is 2.23 bits per heavy atom. The van der Waals surface area contributed by atoms with Crippen LogP contribution in [0.15, 0.2) is 24.3 Å². The smallest absolute Gasteiger partial charge is 0.115 e. The molecule has 2 nitrogen and oxygen atoms in total. The summed E-state index contributed by atoms with van der Waals surface area (Å²) in [7, 11) is 0. The van der Waals surface area contributed by atoms with Crippen molar-refractivity contribution in [1.82, 2.24) is 0 Å². The molecule has 1 aromatic carbocycles. The fraction of sp³-hybridized carbons (Fsp3) is 0.455. The molecule has 0 radical (unpaired) electrons. The van der Waals surface area contributed by atoms with E-state index in [0.29, 0.717) is 5.75 Å². The van der Waals surface area contributed by atoms with Crippen LogP contribution in [0, 0.1) is 0 Å². The molecule has 13 heavy (non-hydrogen) atoms. The van der Waals surface area contributed by atoms with E-state index in [-0.39, 0.29) is 6.04 Å². The molecule has 1 atom stereocenters. The fourth-order valence-electron chi connectivity index (χ4n) is 1.27. The number of nitrogens with two attached hydrogens (primary N) is 1. The molecule has 3 N–H and O–H groups in total. The monoisotopic (exact) mass is 179 g/mol. The van der Waals surface area contributed by atoms with Crippen LogP contribution in [-0.2, 0) is 6.42 Å². The van der Waals surface area contributed by atoms with E-state index in [4.69, 9.17) is 5.73 Å². The van der Waals surface area contributed by atoms with Crippen LogP contribution in [0.5, 0.6) is 5.75 Å². The van der Waals surface area contributed by atoms with E-state index in [1.54, 1.807) is 12.1 Å². The topological polar surface area (TPSA) is 46.2 Å². The summed E-state index contributed by atoms with van der Waals surface area (Å²) in [5.74, 6) is 0.336. The predicted octanol–water partition coefficient (Wildman–Crippen LogP) is 2.06. The third-order valence-corrected chi connectivity index (χ3v) is 2.24. The second kappa shape index (κ2) is 4.87. The molecule has 0 heterocycles. The summed E-state index contributed by atoms with van der Waals surface area (Å²) >= 11 is 0. The molecule has 1 unspecified atom stereocenters. The lowest BCUT2D eigenvalue weighted by Gasteiger charge is -2.07. The van der Waals surface area contributed by atoms with Crippen molar-refractivity contribution < 1.29 is 5.11 Å². The van der Waals surface area contributed by atoms with Gasteiger partial charge in [0.15, 0.2) is 0 Å². The van der Waals surface area contributed by atoms with Crippen LogP contribution < -0.4 is 5.73 Å². The predicted molar refractivity (Wildman–Crippen MR) is 54.7 cm³/mol. The minimum Gasteiger partial charge on any atom is -0.508 e. The summed E-state index contributed by atoms with van der Waals surface area (Å²) in [6.07, 6.45) is 2.95. The summed E-state index contributed by atoms with van der Waals surface area (Å²) in [5.41, 5.74) is 6.95. The highest BCUT2D eigenvalue weighted by Crippen LogP contribution is 2.13.